The van der Waals surface area contributed by atoms with Gasteiger partial charge >= 0.3 is 0 Å². The first-order valence-corrected chi connectivity index (χ1v) is 10.4. The standard InChI is InChI=1S/C19H27N5O3S/c25-17(22-12-3-4-12)6-5-14-9-20-18(26)16-8-13(11-24(14)16)23-19(28)21-10-15-2-1-7-27-15/h1-2,7,12-14,16H,3-6,8-11H2,(H,20,26)(H,22,25)(H2,21,23,28)/t13-,14-,16+/m1/s1. The number of fused-ring (bicyclic) bond motifs is 1. The molecule has 8 nitrogen and oxygen atoms in total. The van der Waals surface area contributed by atoms with E-state index in [4.69, 9.17) is 16.6 Å². The highest BCUT2D eigenvalue weighted by atomic mass is 32.1. The Hall–Kier alpha value is -2.13. The number of nitrogens with one attached hydrogen (secondary N) is 4. The van der Waals surface area contributed by atoms with Crippen LogP contribution >= 0.6 is 12.2 Å². The van der Waals surface area contributed by atoms with Crippen LogP contribution in [-0.2, 0) is 16.1 Å². The van der Waals surface area contributed by atoms with Gasteiger partial charge in [0.15, 0.2) is 5.11 Å². The second-order valence-electron chi connectivity index (χ2n) is 7.83. The lowest BCUT2D eigenvalue weighted by Crippen LogP contribution is -2.58. The highest BCUT2D eigenvalue weighted by Gasteiger charge is 2.43. The van der Waals surface area contributed by atoms with Crippen molar-refractivity contribution in [3.63, 3.8) is 0 Å². The lowest BCUT2D eigenvalue weighted by Gasteiger charge is -2.37. The molecule has 2 saturated heterocycles. The number of hydrogen-bond donors (Lipinski definition) is 4. The van der Waals surface area contributed by atoms with Crippen molar-refractivity contribution < 1.29 is 14.0 Å². The van der Waals surface area contributed by atoms with Crippen LogP contribution in [0.25, 0.3) is 0 Å². The molecule has 0 radical (unpaired) electrons. The van der Waals surface area contributed by atoms with Crippen LogP contribution in [0.4, 0.5) is 0 Å². The summed E-state index contributed by atoms with van der Waals surface area (Å²) in [6.45, 7) is 1.87. The van der Waals surface area contributed by atoms with E-state index in [0.717, 1.165) is 31.6 Å². The average molecular weight is 406 g/mol. The van der Waals surface area contributed by atoms with E-state index >= 15 is 0 Å². The van der Waals surface area contributed by atoms with Gasteiger partial charge in [0, 0.05) is 37.6 Å². The summed E-state index contributed by atoms with van der Waals surface area (Å²) < 4.78 is 5.29. The molecule has 2 amide bonds. The molecular formula is C19H27N5O3S. The highest BCUT2D eigenvalue weighted by Crippen LogP contribution is 2.26. The number of furan rings is 1. The molecular weight excluding hydrogens is 378 g/mol. The molecule has 1 aromatic rings. The van der Waals surface area contributed by atoms with Crippen molar-refractivity contribution in [1.82, 2.24) is 26.2 Å². The minimum absolute atomic E-state index is 0.0671. The Labute approximate surface area is 169 Å². The molecule has 3 heterocycles. The van der Waals surface area contributed by atoms with Crippen molar-refractivity contribution >= 4 is 29.1 Å². The summed E-state index contributed by atoms with van der Waals surface area (Å²) in [5, 5.41) is 13.0. The van der Waals surface area contributed by atoms with Gasteiger partial charge in [0.05, 0.1) is 18.8 Å². The fraction of sp³-hybridized carbons (Fsp3) is 0.632. The number of rotatable bonds is 7. The molecule has 3 atom stereocenters. The van der Waals surface area contributed by atoms with Crippen LogP contribution < -0.4 is 21.3 Å². The summed E-state index contributed by atoms with van der Waals surface area (Å²) in [6, 6.07) is 4.25. The maximum absolute atomic E-state index is 12.3. The molecule has 0 bridgehead atoms. The first-order valence-electron chi connectivity index (χ1n) is 9.98. The molecule has 3 aliphatic rings. The first kappa shape index (κ1) is 19.2. The Kier molecular flexibility index (Phi) is 5.82. The Morgan fingerprint density at radius 1 is 1.32 bits per heavy atom. The number of carbonyl (C=O) groups excluding carboxylic acids is 2. The lowest BCUT2D eigenvalue weighted by molar-refractivity contribution is -0.129. The van der Waals surface area contributed by atoms with Gasteiger partial charge in [-0.3, -0.25) is 14.5 Å². The molecule has 1 aromatic heterocycles. The van der Waals surface area contributed by atoms with Gasteiger partial charge in [-0.25, -0.2) is 0 Å². The fourth-order valence-corrected chi connectivity index (χ4v) is 4.23. The molecule has 0 aromatic carbocycles. The van der Waals surface area contributed by atoms with E-state index in [0.29, 0.717) is 37.1 Å². The van der Waals surface area contributed by atoms with E-state index in [2.05, 4.69) is 26.2 Å². The van der Waals surface area contributed by atoms with Crippen LogP contribution in [0.2, 0.25) is 0 Å². The van der Waals surface area contributed by atoms with Crippen molar-refractivity contribution in [2.24, 2.45) is 0 Å². The second kappa shape index (κ2) is 8.48. The predicted molar refractivity (Wildman–Crippen MR) is 107 cm³/mol. The van der Waals surface area contributed by atoms with E-state index in [9.17, 15) is 9.59 Å². The summed E-state index contributed by atoms with van der Waals surface area (Å²) in [5.41, 5.74) is 0. The second-order valence-corrected chi connectivity index (χ2v) is 8.24. The van der Waals surface area contributed by atoms with Crippen LogP contribution in [0.3, 0.4) is 0 Å². The van der Waals surface area contributed by atoms with Crippen LogP contribution in [0.5, 0.6) is 0 Å². The van der Waals surface area contributed by atoms with Crippen molar-refractivity contribution in [1.29, 1.82) is 0 Å². The van der Waals surface area contributed by atoms with Crippen molar-refractivity contribution in [3.05, 3.63) is 24.2 Å². The molecule has 4 N–H and O–H groups in total. The van der Waals surface area contributed by atoms with E-state index < -0.39 is 0 Å². The van der Waals surface area contributed by atoms with Gasteiger partial charge in [-0.2, -0.15) is 0 Å². The zero-order valence-electron chi connectivity index (χ0n) is 15.8. The van der Waals surface area contributed by atoms with E-state index in [1.165, 1.54) is 0 Å². The van der Waals surface area contributed by atoms with Crippen molar-refractivity contribution in [3.8, 4) is 0 Å². The van der Waals surface area contributed by atoms with Gasteiger partial charge in [0.2, 0.25) is 11.8 Å². The quantitative estimate of drug-likeness (QED) is 0.483. The topological polar surface area (TPSA) is 98.6 Å². The third-order valence-electron chi connectivity index (χ3n) is 5.61. The number of hydrogen-bond acceptors (Lipinski definition) is 5. The van der Waals surface area contributed by atoms with Gasteiger partial charge in [-0.1, -0.05) is 0 Å². The lowest BCUT2D eigenvalue weighted by atomic mass is 10.0. The van der Waals surface area contributed by atoms with E-state index in [1.807, 2.05) is 12.1 Å². The molecule has 1 saturated carbocycles. The van der Waals surface area contributed by atoms with Crippen molar-refractivity contribution in [2.75, 3.05) is 13.1 Å². The maximum atomic E-state index is 12.3. The van der Waals surface area contributed by atoms with Gasteiger partial charge < -0.3 is 25.7 Å². The molecule has 0 spiro atoms. The van der Waals surface area contributed by atoms with Crippen LogP contribution in [0.1, 0.15) is 37.9 Å². The minimum Gasteiger partial charge on any atom is -0.467 e. The zero-order chi connectivity index (χ0) is 19.5. The molecule has 0 unspecified atom stereocenters. The Balaban J connectivity index is 1.26. The zero-order valence-corrected chi connectivity index (χ0v) is 16.6. The van der Waals surface area contributed by atoms with Gasteiger partial charge in [-0.15, -0.1) is 0 Å². The smallest absolute Gasteiger partial charge is 0.237 e. The summed E-state index contributed by atoms with van der Waals surface area (Å²) in [6.07, 6.45) is 5.79. The van der Waals surface area contributed by atoms with Crippen LogP contribution in [0.15, 0.2) is 22.8 Å². The summed E-state index contributed by atoms with van der Waals surface area (Å²) in [4.78, 5) is 26.5. The normalized spacial score (nSPS) is 27.0. The molecule has 28 heavy (non-hydrogen) atoms. The van der Waals surface area contributed by atoms with E-state index in [1.54, 1.807) is 6.26 Å². The molecule has 4 rings (SSSR count). The Morgan fingerprint density at radius 2 is 2.18 bits per heavy atom. The third kappa shape index (κ3) is 4.82. The van der Waals surface area contributed by atoms with E-state index in [-0.39, 0.29) is 29.9 Å². The average Bonchev–Trinajstić information content (AvgIpc) is 3.16. The van der Waals surface area contributed by atoms with Gasteiger partial charge in [-0.05, 0) is 50.0 Å². The molecule has 2 aliphatic heterocycles. The van der Waals surface area contributed by atoms with Gasteiger partial charge in [0.1, 0.15) is 5.76 Å². The molecule has 1 aliphatic carbocycles. The number of thiocarbonyl (C=S) groups is 1. The van der Waals surface area contributed by atoms with Crippen LogP contribution in [0, 0.1) is 0 Å². The SMILES string of the molecule is O=C(CC[C@@H]1CNC(=O)[C@@H]2C[C@@H](NC(=S)NCc3ccco3)CN12)NC1CC1. The predicted octanol–water partition coefficient (Wildman–Crippen LogP) is 0.244. The number of nitrogens with zero attached hydrogens (tertiary/aromatic N) is 1. The van der Waals surface area contributed by atoms with Crippen molar-refractivity contribution in [2.45, 2.75) is 62.8 Å². The summed E-state index contributed by atoms with van der Waals surface area (Å²) in [5.74, 6) is 1.00. The maximum Gasteiger partial charge on any atom is 0.237 e. The number of carbonyl (C=O) groups is 2. The Bertz CT molecular complexity index is 721. The largest absolute Gasteiger partial charge is 0.467 e. The first-order chi connectivity index (χ1) is 13.6. The van der Waals surface area contributed by atoms with Gasteiger partial charge in [0.25, 0.3) is 0 Å². The monoisotopic (exact) mass is 405 g/mol. The Morgan fingerprint density at radius 3 is 2.93 bits per heavy atom. The molecule has 9 heteroatoms. The summed E-state index contributed by atoms with van der Waals surface area (Å²) in [7, 11) is 0. The molecule has 3 fully saturated rings. The highest BCUT2D eigenvalue weighted by molar-refractivity contribution is 7.80. The molecule has 152 valence electrons. The number of amides is 2. The minimum atomic E-state index is -0.157. The van der Waals surface area contributed by atoms with Crippen LogP contribution in [-0.4, -0.2) is 59.1 Å². The fourth-order valence-electron chi connectivity index (χ4n) is 3.99. The third-order valence-corrected chi connectivity index (χ3v) is 5.87. The summed E-state index contributed by atoms with van der Waals surface area (Å²) >= 11 is 5.38. The number of piperazine rings is 1.